The first-order chi connectivity index (χ1) is 21.9. The first kappa shape index (κ1) is 26.7. The van der Waals surface area contributed by atoms with Gasteiger partial charge in [0.15, 0.2) is 0 Å². The van der Waals surface area contributed by atoms with Gasteiger partial charge in [-0.15, -0.1) is 11.3 Å². The number of benzene rings is 6. The molecule has 0 fully saturated rings. The Morgan fingerprint density at radius 1 is 0.511 bits per heavy atom. The molecular weight excluding hydrogens is 563 g/mol. The molecule has 9 rings (SSSR count). The molecule has 0 aliphatic heterocycles. The maximum atomic E-state index is 3.90. The monoisotopic (exact) mass is 597 g/mol. The molecule has 1 nitrogen and oxygen atoms in total. The Hall–Kier alpha value is -4.66. The molecule has 1 aromatic heterocycles. The van der Waals surface area contributed by atoms with Crippen LogP contribution in [-0.4, -0.2) is 0 Å². The van der Waals surface area contributed by atoms with E-state index in [2.05, 4.69) is 154 Å². The molecule has 0 saturated carbocycles. The lowest BCUT2D eigenvalue weighted by atomic mass is 9.69. The first-order valence-electron chi connectivity index (χ1n) is 16.2. The zero-order chi connectivity index (χ0) is 30.4. The van der Waals surface area contributed by atoms with Crippen molar-refractivity contribution in [2.24, 2.45) is 0 Å². The predicted octanol–water partition coefficient (Wildman–Crippen LogP) is 12.4. The van der Waals surface area contributed by atoms with Crippen LogP contribution in [0.3, 0.4) is 0 Å². The number of fused-ring (bicyclic) bond motifs is 13. The van der Waals surface area contributed by atoms with E-state index in [1.807, 2.05) is 11.3 Å². The standard InChI is InChI=1S/C43H35NS/c1-25(2)27-16-19-31-32-20-17-28(26(3)4)23-37(32)43(36(31)22-27)35-12-7-5-10-30(35)33-21-18-29(24-38(33)43)44-39-13-9-15-41-42(39)34-11-6-8-14-40(34)45-41/h5-26,44H,1-4H3. The largest absolute Gasteiger partial charge is 0.355 e. The lowest BCUT2D eigenvalue weighted by molar-refractivity contribution is 0.777. The van der Waals surface area contributed by atoms with Gasteiger partial charge in [0.05, 0.1) is 5.41 Å². The minimum atomic E-state index is -0.370. The van der Waals surface area contributed by atoms with Crippen LogP contribution in [0.5, 0.6) is 0 Å². The fraction of sp³-hybridized carbons (Fsp3) is 0.163. The normalized spacial score (nSPS) is 13.9. The Labute approximate surface area is 269 Å². The van der Waals surface area contributed by atoms with Crippen LogP contribution in [0.1, 0.15) is 72.9 Å². The van der Waals surface area contributed by atoms with Gasteiger partial charge in [0, 0.05) is 31.5 Å². The van der Waals surface area contributed by atoms with E-state index < -0.39 is 0 Å². The second-order valence-corrected chi connectivity index (χ2v) is 14.5. The summed E-state index contributed by atoms with van der Waals surface area (Å²) in [5.74, 6) is 0.902. The third kappa shape index (κ3) is 3.66. The summed E-state index contributed by atoms with van der Waals surface area (Å²) < 4.78 is 2.64. The van der Waals surface area contributed by atoms with Crippen LogP contribution in [0.4, 0.5) is 11.4 Å². The Morgan fingerprint density at radius 3 is 1.80 bits per heavy atom. The molecule has 1 N–H and O–H groups in total. The molecule has 2 heteroatoms. The van der Waals surface area contributed by atoms with Gasteiger partial charge in [-0.1, -0.05) is 119 Å². The molecule has 6 aromatic carbocycles. The Balaban J connectivity index is 1.32. The molecule has 2 aliphatic rings. The number of hydrogen-bond acceptors (Lipinski definition) is 2. The van der Waals surface area contributed by atoms with Crippen molar-refractivity contribution in [2.45, 2.75) is 44.9 Å². The van der Waals surface area contributed by atoms with Crippen molar-refractivity contribution in [1.82, 2.24) is 0 Å². The van der Waals surface area contributed by atoms with E-state index in [1.54, 1.807) is 0 Å². The van der Waals surface area contributed by atoms with E-state index in [1.165, 1.54) is 75.8 Å². The van der Waals surface area contributed by atoms with E-state index in [0.717, 1.165) is 11.4 Å². The predicted molar refractivity (Wildman–Crippen MR) is 194 cm³/mol. The zero-order valence-electron chi connectivity index (χ0n) is 26.1. The molecule has 218 valence electrons. The van der Waals surface area contributed by atoms with Crippen molar-refractivity contribution in [2.75, 3.05) is 5.32 Å². The average molecular weight is 598 g/mol. The van der Waals surface area contributed by atoms with Crippen molar-refractivity contribution in [1.29, 1.82) is 0 Å². The van der Waals surface area contributed by atoms with Crippen LogP contribution < -0.4 is 5.32 Å². The van der Waals surface area contributed by atoms with Crippen LogP contribution in [0, 0.1) is 0 Å². The molecule has 7 aromatic rings. The second-order valence-electron chi connectivity index (χ2n) is 13.4. The van der Waals surface area contributed by atoms with E-state index in [0.29, 0.717) is 11.8 Å². The highest BCUT2D eigenvalue weighted by Crippen LogP contribution is 2.63. The van der Waals surface area contributed by atoms with E-state index >= 15 is 0 Å². The highest BCUT2D eigenvalue weighted by Gasteiger charge is 2.52. The molecule has 0 unspecified atom stereocenters. The zero-order valence-corrected chi connectivity index (χ0v) is 26.9. The molecule has 1 heterocycles. The maximum absolute atomic E-state index is 3.90. The van der Waals surface area contributed by atoms with Crippen LogP contribution in [0.25, 0.3) is 42.4 Å². The smallest absolute Gasteiger partial charge is 0.0726 e. The van der Waals surface area contributed by atoms with Gasteiger partial charge in [-0.2, -0.15) is 0 Å². The summed E-state index contributed by atoms with van der Waals surface area (Å²) in [7, 11) is 0. The van der Waals surface area contributed by atoms with Gasteiger partial charge in [-0.3, -0.25) is 0 Å². The number of anilines is 2. The van der Waals surface area contributed by atoms with Gasteiger partial charge in [-0.05, 0) is 97.8 Å². The van der Waals surface area contributed by atoms with Crippen LogP contribution in [-0.2, 0) is 5.41 Å². The summed E-state index contributed by atoms with van der Waals surface area (Å²) in [5.41, 5.74) is 15.7. The lowest BCUT2D eigenvalue weighted by Crippen LogP contribution is -2.26. The van der Waals surface area contributed by atoms with Crippen molar-refractivity contribution >= 4 is 42.9 Å². The topological polar surface area (TPSA) is 12.0 Å². The van der Waals surface area contributed by atoms with Gasteiger partial charge >= 0.3 is 0 Å². The van der Waals surface area contributed by atoms with Gasteiger partial charge in [0.1, 0.15) is 0 Å². The van der Waals surface area contributed by atoms with E-state index in [4.69, 9.17) is 0 Å². The quantitative estimate of drug-likeness (QED) is 0.213. The molecule has 0 bridgehead atoms. The molecule has 0 saturated heterocycles. The Kier molecular flexibility index (Phi) is 5.74. The highest BCUT2D eigenvalue weighted by molar-refractivity contribution is 7.26. The molecule has 0 amide bonds. The molecule has 0 radical (unpaired) electrons. The minimum Gasteiger partial charge on any atom is -0.355 e. The summed E-state index contributed by atoms with van der Waals surface area (Å²) in [5, 5.41) is 6.52. The summed E-state index contributed by atoms with van der Waals surface area (Å²) in [6.45, 7) is 9.22. The van der Waals surface area contributed by atoms with Crippen LogP contribution in [0.15, 0.2) is 121 Å². The minimum absolute atomic E-state index is 0.370. The third-order valence-corrected chi connectivity index (χ3v) is 11.4. The Bertz CT molecular complexity index is 2260. The summed E-state index contributed by atoms with van der Waals surface area (Å²) >= 11 is 1.87. The third-order valence-electron chi connectivity index (χ3n) is 10.2. The maximum Gasteiger partial charge on any atom is 0.0726 e. The number of hydrogen-bond donors (Lipinski definition) is 1. The molecule has 0 atom stereocenters. The summed E-state index contributed by atoms with van der Waals surface area (Å²) in [4.78, 5) is 0. The molecule has 2 aliphatic carbocycles. The average Bonchev–Trinajstić information content (AvgIpc) is 3.68. The van der Waals surface area contributed by atoms with Crippen molar-refractivity contribution < 1.29 is 0 Å². The first-order valence-corrected chi connectivity index (χ1v) is 17.0. The number of rotatable bonds is 4. The molecular formula is C43H35NS. The second kappa shape index (κ2) is 9.67. The molecule has 45 heavy (non-hydrogen) atoms. The number of nitrogens with one attached hydrogen (secondary N) is 1. The fourth-order valence-corrected chi connectivity index (χ4v) is 9.18. The van der Waals surface area contributed by atoms with Crippen molar-refractivity contribution in [3.63, 3.8) is 0 Å². The van der Waals surface area contributed by atoms with Gasteiger partial charge in [-0.25, -0.2) is 0 Å². The lowest BCUT2D eigenvalue weighted by Gasteiger charge is -2.31. The van der Waals surface area contributed by atoms with E-state index in [9.17, 15) is 0 Å². The summed E-state index contributed by atoms with van der Waals surface area (Å²) in [6, 6.07) is 46.1. The molecule has 1 spiro atoms. The summed E-state index contributed by atoms with van der Waals surface area (Å²) in [6.07, 6.45) is 0. The van der Waals surface area contributed by atoms with E-state index in [-0.39, 0.29) is 5.41 Å². The van der Waals surface area contributed by atoms with Gasteiger partial charge < -0.3 is 5.32 Å². The van der Waals surface area contributed by atoms with Crippen LogP contribution in [0.2, 0.25) is 0 Å². The SMILES string of the molecule is CC(C)c1ccc2c(c1)C1(c3ccccc3-c3ccc(Nc4cccc5sc6ccccc6c45)cc31)c1cc(C(C)C)ccc1-2. The van der Waals surface area contributed by atoms with Gasteiger partial charge in [0.25, 0.3) is 0 Å². The van der Waals surface area contributed by atoms with Gasteiger partial charge in [0.2, 0.25) is 0 Å². The Morgan fingerprint density at radius 2 is 1.09 bits per heavy atom. The highest BCUT2D eigenvalue weighted by atomic mass is 32.1. The van der Waals surface area contributed by atoms with Crippen molar-refractivity contribution in [3.05, 3.63) is 155 Å². The fourth-order valence-electron chi connectivity index (χ4n) is 8.05. The van der Waals surface area contributed by atoms with Crippen LogP contribution >= 0.6 is 11.3 Å². The van der Waals surface area contributed by atoms with Crippen molar-refractivity contribution in [3.8, 4) is 22.3 Å². The number of thiophene rings is 1.